The van der Waals surface area contributed by atoms with Crippen LogP contribution in [0.5, 0.6) is 5.75 Å². The third kappa shape index (κ3) is 2.34. The summed E-state index contributed by atoms with van der Waals surface area (Å²) in [6.07, 6.45) is 5.36. The van der Waals surface area contributed by atoms with Crippen LogP contribution in [0.25, 0.3) is 5.65 Å². The largest absolute Gasteiger partial charge is 0.497 e. The SMILES string of the molecule is COc1ccc(N(C)c2nc(NN)cn3ccnc23)cc1. The molecule has 3 aromatic rings. The van der Waals surface area contributed by atoms with Crippen molar-refractivity contribution in [3.63, 3.8) is 0 Å². The number of fused-ring (bicyclic) bond motifs is 1. The van der Waals surface area contributed by atoms with E-state index in [1.807, 2.05) is 46.8 Å². The molecule has 0 saturated carbocycles. The highest BCUT2D eigenvalue weighted by Crippen LogP contribution is 2.27. The number of benzene rings is 1. The average Bonchev–Trinajstić information content (AvgIpc) is 3.01. The minimum atomic E-state index is 0.566. The van der Waals surface area contributed by atoms with Crippen molar-refractivity contribution in [2.75, 3.05) is 24.5 Å². The summed E-state index contributed by atoms with van der Waals surface area (Å²) < 4.78 is 7.04. The van der Waals surface area contributed by atoms with Crippen LogP contribution in [0.2, 0.25) is 0 Å². The predicted octanol–water partition coefficient (Wildman–Crippen LogP) is 1.79. The number of hydrazine groups is 1. The smallest absolute Gasteiger partial charge is 0.180 e. The number of nitrogens with zero attached hydrogens (tertiary/aromatic N) is 4. The topological polar surface area (TPSA) is 80.7 Å². The molecule has 2 aromatic heterocycles. The Morgan fingerprint density at radius 1 is 1.29 bits per heavy atom. The van der Waals surface area contributed by atoms with Crippen LogP contribution in [0.4, 0.5) is 17.3 Å². The Morgan fingerprint density at radius 3 is 2.71 bits per heavy atom. The Bertz CT molecular complexity index is 752. The zero-order chi connectivity index (χ0) is 14.8. The highest BCUT2D eigenvalue weighted by molar-refractivity contribution is 5.73. The fourth-order valence-electron chi connectivity index (χ4n) is 2.14. The maximum Gasteiger partial charge on any atom is 0.180 e. The molecule has 1 aromatic carbocycles. The van der Waals surface area contributed by atoms with Crippen LogP contribution in [0.3, 0.4) is 0 Å². The van der Waals surface area contributed by atoms with E-state index in [1.165, 1.54) is 0 Å². The van der Waals surface area contributed by atoms with Gasteiger partial charge in [0.25, 0.3) is 0 Å². The van der Waals surface area contributed by atoms with Crippen LogP contribution < -0.4 is 20.9 Å². The summed E-state index contributed by atoms with van der Waals surface area (Å²) in [6, 6.07) is 7.73. The van der Waals surface area contributed by atoms with E-state index in [-0.39, 0.29) is 0 Å². The Labute approximate surface area is 122 Å². The van der Waals surface area contributed by atoms with Crippen molar-refractivity contribution < 1.29 is 4.74 Å². The minimum absolute atomic E-state index is 0.566. The number of nitrogens with one attached hydrogen (secondary N) is 1. The fourth-order valence-corrected chi connectivity index (χ4v) is 2.14. The molecule has 0 unspecified atom stereocenters. The predicted molar refractivity (Wildman–Crippen MR) is 81.9 cm³/mol. The van der Waals surface area contributed by atoms with Crippen molar-refractivity contribution in [3.8, 4) is 5.75 Å². The number of aromatic nitrogens is 3. The number of nitrogen functional groups attached to an aromatic ring is 1. The van der Waals surface area contributed by atoms with Gasteiger partial charge in [-0.2, -0.15) is 0 Å². The third-order valence-corrected chi connectivity index (χ3v) is 3.28. The van der Waals surface area contributed by atoms with Gasteiger partial charge in [0.1, 0.15) is 5.75 Å². The molecule has 0 aliphatic heterocycles. The van der Waals surface area contributed by atoms with Crippen LogP contribution in [0.15, 0.2) is 42.9 Å². The summed E-state index contributed by atoms with van der Waals surface area (Å²) in [5, 5.41) is 0. The molecule has 0 bridgehead atoms. The second kappa shape index (κ2) is 5.29. The molecule has 108 valence electrons. The van der Waals surface area contributed by atoms with Gasteiger partial charge in [-0.05, 0) is 24.3 Å². The van der Waals surface area contributed by atoms with Gasteiger partial charge in [-0.25, -0.2) is 15.8 Å². The normalized spacial score (nSPS) is 10.6. The molecule has 0 atom stereocenters. The van der Waals surface area contributed by atoms with Gasteiger partial charge in [0.15, 0.2) is 17.3 Å². The Kier molecular flexibility index (Phi) is 3.33. The van der Waals surface area contributed by atoms with Crippen molar-refractivity contribution in [2.45, 2.75) is 0 Å². The van der Waals surface area contributed by atoms with Crippen LogP contribution in [-0.2, 0) is 0 Å². The molecule has 0 aliphatic carbocycles. The van der Waals surface area contributed by atoms with Gasteiger partial charge in [-0.15, -0.1) is 0 Å². The van der Waals surface area contributed by atoms with E-state index in [1.54, 1.807) is 19.5 Å². The third-order valence-electron chi connectivity index (χ3n) is 3.28. The zero-order valence-electron chi connectivity index (χ0n) is 11.8. The van der Waals surface area contributed by atoms with Gasteiger partial charge in [-0.1, -0.05) is 0 Å². The first-order chi connectivity index (χ1) is 10.2. The molecule has 0 spiro atoms. The summed E-state index contributed by atoms with van der Waals surface area (Å²) in [6.45, 7) is 0. The fraction of sp³-hybridized carbons (Fsp3) is 0.143. The number of hydrogen-bond donors (Lipinski definition) is 2. The maximum atomic E-state index is 5.47. The van der Waals surface area contributed by atoms with E-state index >= 15 is 0 Å². The van der Waals surface area contributed by atoms with Crippen LogP contribution >= 0.6 is 0 Å². The van der Waals surface area contributed by atoms with Gasteiger partial charge < -0.3 is 19.5 Å². The van der Waals surface area contributed by atoms with E-state index in [0.29, 0.717) is 11.6 Å². The first kappa shape index (κ1) is 13.2. The molecule has 7 heteroatoms. The molecule has 0 fully saturated rings. The molecule has 7 nitrogen and oxygen atoms in total. The second-order valence-corrected chi connectivity index (χ2v) is 4.51. The maximum absolute atomic E-state index is 5.47. The molecular formula is C14H16N6O. The first-order valence-electron chi connectivity index (χ1n) is 6.41. The molecule has 3 N–H and O–H groups in total. The molecule has 0 radical (unpaired) electrons. The highest BCUT2D eigenvalue weighted by atomic mass is 16.5. The van der Waals surface area contributed by atoms with E-state index in [4.69, 9.17) is 10.6 Å². The standard InChI is InChI=1S/C14H16N6O/c1-19(10-3-5-11(21-2)6-4-10)14-13-16-7-8-20(13)9-12(17-14)18-15/h3-9,18H,15H2,1-2H3. The summed E-state index contributed by atoms with van der Waals surface area (Å²) >= 11 is 0. The Hall–Kier alpha value is -2.80. The first-order valence-corrected chi connectivity index (χ1v) is 6.41. The number of nitrogens with two attached hydrogens (primary N) is 1. The lowest BCUT2D eigenvalue weighted by Gasteiger charge is -2.20. The summed E-state index contributed by atoms with van der Waals surface area (Å²) in [5.41, 5.74) is 4.30. The molecular weight excluding hydrogens is 268 g/mol. The molecule has 2 heterocycles. The van der Waals surface area contributed by atoms with Crippen LogP contribution in [-0.4, -0.2) is 28.5 Å². The summed E-state index contributed by atoms with van der Waals surface area (Å²) in [5.74, 6) is 7.56. The zero-order valence-corrected chi connectivity index (χ0v) is 11.8. The van der Waals surface area contributed by atoms with E-state index in [9.17, 15) is 0 Å². The number of rotatable bonds is 4. The van der Waals surface area contributed by atoms with Crippen molar-refractivity contribution in [1.82, 2.24) is 14.4 Å². The van der Waals surface area contributed by atoms with Crippen molar-refractivity contribution in [2.24, 2.45) is 5.84 Å². The van der Waals surface area contributed by atoms with Gasteiger partial charge in [-0.3, -0.25) is 0 Å². The van der Waals surface area contributed by atoms with E-state index < -0.39 is 0 Å². The second-order valence-electron chi connectivity index (χ2n) is 4.51. The van der Waals surface area contributed by atoms with Gasteiger partial charge in [0, 0.05) is 25.1 Å². The summed E-state index contributed by atoms with van der Waals surface area (Å²) in [4.78, 5) is 10.8. The molecule has 3 rings (SSSR count). The van der Waals surface area contributed by atoms with E-state index in [2.05, 4.69) is 15.4 Å². The Morgan fingerprint density at radius 2 is 2.05 bits per heavy atom. The number of hydrogen-bond acceptors (Lipinski definition) is 6. The van der Waals surface area contributed by atoms with Gasteiger partial charge in [0.2, 0.25) is 0 Å². The number of imidazole rings is 1. The van der Waals surface area contributed by atoms with Gasteiger partial charge in [0.05, 0.1) is 13.3 Å². The average molecular weight is 284 g/mol. The molecule has 0 aliphatic rings. The number of methoxy groups -OCH3 is 1. The minimum Gasteiger partial charge on any atom is -0.497 e. The Balaban J connectivity index is 2.07. The highest BCUT2D eigenvalue weighted by Gasteiger charge is 2.13. The number of ether oxygens (including phenoxy) is 1. The monoisotopic (exact) mass is 284 g/mol. The van der Waals surface area contributed by atoms with Crippen LogP contribution in [0, 0.1) is 0 Å². The number of anilines is 3. The lowest BCUT2D eigenvalue weighted by atomic mass is 10.3. The molecule has 0 amide bonds. The van der Waals surface area contributed by atoms with Crippen molar-refractivity contribution in [3.05, 3.63) is 42.9 Å². The summed E-state index contributed by atoms with van der Waals surface area (Å²) in [7, 11) is 3.57. The molecule has 21 heavy (non-hydrogen) atoms. The van der Waals surface area contributed by atoms with Crippen molar-refractivity contribution >= 4 is 23.0 Å². The quantitative estimate of drug-likeness (QED) is 0.561. The van der Waals surface area contributed by atoms with Gasteiger partial charge >= 0.3 is 0 Å². The van der Waals surface area contributed by atoms with Crippen LogP contribution in [0.1, 0.15) is 0 Å². The van der Waals surface area contributed by atoms with E-state index in [0.717, 1.165) is 17.1 Å². The lowest BCUT2D eigenvalue weighted by Crippen LogP contribution is -2.16. The lowest BCUT2D eigenvalue weighted by molar-refractivity contribution is 0.415. The molecule has 0 saturated heterocycles. The van der Waals surface area contributed by atoms with Crippen molar-refractivity contribution in [1.29, 1.82) is 0 Å².